The Morgan fingerprint density at radius 3 is 2.95 bits per heavy atom. The Hall–Kier alpha value is -1.95. The molecule has 1 aromatic carbocycles. The number of likely N-dealkylation sites (tertiary alicyclic amines) is 1. The Kier molecular flexibility index (Phi) is 4.90. The number of rotatable bonds is 4. The van der Waals surface area contributed by atoms with E-state index in [0.717, 1.165) is 12.0 Å². The van der Waals surface area contributed by atoms with Crippen molar-refractivity contribution >= 4 is 17.6 Å². The lowest BCUT2D eigenvalue weighted by Crippen LogP contribution is -2.41. The number of benzene rings is 1. The topological polar surface area (TPSA) is 58.6 Å². The minimum absolute atomic E-state index is 0.0930. The molecule has 1 aliphatic rings. The molecule has 5 nitrogen and oxygen atoms in total. The second-order valence-corrected chi connectivity index (χ2v) is 5.16. The third-order valence-corrected chi connectivity index (χ3v) is 3.66. The predicted octanol–water partition coefficient (Wildman–Crippen LogP) is 1.71. The van der Waals surface area contributed by atoms with Gasteiger partial charge in [0.15, 0.2) is 0 Å². The highest BCUT2D eigenvalue weighted by atomic mass is 19.1. The molecule has 21 heavy (non-hydrogen) atoms. The first kappa shape index (κ1) is 15.4. The van der Waals surface area contributed by atoms with Crippen molar-refractivity contribution in [1.82, 2.24) is 4.90 Å². The number of anilines is 1. The van der Waals surface area contributed by atoms with Crippen LogP contribution in [0.1, 0.15) is 18.4 Å². The highest BCUT2D eigenvalue weighted by Crippen LogP contribution is 2.19. The number of halogens is 1. The van der Waals surface area contributed by atoms with Crippen molar-refractivity contribution in [3.05, 3.63) is 29.6 Å². The van der Waals surface area contributed by atoms with Gasteiger partial charge in [0.2, 0.25) is 5.91 Å². The van der Waals surface area contributed by atoms with E-state index in [0.29, 0.717) is 18.7 Å². The van der Waals surface area contributed by atoms with Crippen molar-refractivity contribution in [2.24, 2.45) is 0 Å². The molecule has 1 aliphatic heterocycles. The molecule has 1 aromatic rings. The number of nitrogens with one attached hydrogen (secondary N) is 1. The first-order chi connectivity index (χ1) is 10.0. The largest absolute Gasteiger partial charge is 0.468 e. The second-order valence-electron chi connectivity index (χ2n) is 5.16. The van der Waals surface area contributed by atoms with E-state index < -0.39 is 5.82 Å². The molecule has 0 spiro atoms. The number of hydrogen-bond donors (Lipinski definition) is 1. The highest BCUT2D eigenvalue weighted by molar-refractivity contribution is 5.93. The van der Waals surface area contributed by atoms with Crippen molar-refractivity contribution in [3.63, 3.8) is 0 Å². The summed E-state index contributed by atoms with van der Waals surface area (Å²) < 4.78 is 17.9. The number of amides is 1. The van der Waals surface area contributed by atoms with Crippen molar-refractivity contribution < 1.29 is 18.7 Å². The van der Waals surface area contributed by atoms with Crippen LogP contribution in [0.5, 0.6) is 0 Å². The van der Waals surface area contributed by atoms with Gasteiger partial charge in [-0.1, -0.05) is 6.07 Å². The molecule has 6 heteroatoms. The van der Waals surface area contributed by atoms with Crippen LogP contribution in [0.15, 0.2) is 18.2 Å². The zero-order valence-corrected chi connectivity index (χ0v) is 12.2. The quantitative estimate of drug-likeness (QED) is 0.859. The molecule has 1 fully saturated rings. The van der Waals surface area contributed by atoms with Crippen molar-refractivity contribution in [2.75, 3.05) is 25.5 Å². The molecule has 0 saturated carbocycles. The van der Waals surface area contributed by atoms with Crippen LogP contribution in [0, 0.1) is 12.7 Å². The fourth-order valence-electron chi connectivity index (χ4n) is 2.52. The number of ether oxygens (including phenoxy) is 1. The SMILES string of the molecule is COC(=O)C1CCCN1CC(=O)Nc1cc(F)ccc1C. The van der Waals surface area contributed by atoms with Gasteiger partial charge in [0, 0.05) is 5.69 Å². The van der Waals surface area contributed by atoms with Crippen LogP contribution in [0.4, 0.5) is 10.1 Å². The number of carbonyl (C=O) groups excluding carboxylic acids is 2. The van der Waals surface area contributed by atoms with E-state index in [1.54, 1.807) is 17.9 Å². The molecular weight excluding hydrogens is 275 g/mol. The first-order valence-corrected chi connectivity index (χ1v) is 6.89. The third kappa shape index (κ3) is 3.78. The van der Waals surface area contributed by atoms with Crippen LogP contribution in [0.2, 0.25) is 0 Å². The maximum atomic E-state index is 13.2. The van der Waals surface area contributed by atoms with Gasteiger partial charge in [-0.2, -0.15) is 0 Å². The summed E-state index contributed by atoms with van der Waals surface area (Å²) in [6, 6.07) is 3.88. The molecule has 1 atom stereocenters. The molecule has 1 amide bonds. The summed E-state index contributed by atoms with van der Waals surface area (Å²) in [4.78, 5) is 25.5. The average molecular weight is 294 g/mol. The number of esters is 1. The van der Waals surface area contributed by atoms with Gasteiger partial charge in [0.25, 0.3) is 0 Å². The minimum atomic E-state index is -0.399. The molecule has 1 heterocycles. The number of nitrogens with zero attached hydrogens (tertiary/aromatic N) is 1. The number of hydrogen-bond acceptors (Lipinski definition) is 4. The summed E-state index contributed by atoms with van der Waals surface area (Å²) in [7, 11) is 1.34. The molecule has 1 saturated heterocycles. The zero-order chi connectivity index (χ0) is 15.4. The maximum absolute atomic E-state index is 13.2. The summed E-state index contributed by atoms with van der Waals surface area (Å²) in [5.41, 5.74) is 1.24. The predicted molar refractivity (Wildman–Crippen MR) is 76.4 cm³/mol. The molecule has 0 aliphatic carbocycles. The molecule has 114 valence electrons. The normalized spacial score (nSPS) is 18.5. The summed E-state index contributed by atoms with van der Waals surface area (Å²) in [6.07, 6.45) is 1.55. The van der Waals surface area contributed by atoms with Gasteiger partial charge >= 0.3 is 5.97 Å². The Morgan fingerprint density at radius 2 is 2.24 bits per heavy atom. The number of carbonyl (C=O) groups is 2. The molecule has 2 rings (SSSR count). The summed E-state index contributed by atoms with van der Waals surface area (Å²) in [5.74, 6) is -0.980. The fraction of sp³-hybridized carbons (Fsp3) is 0.467. The van der Waals surface area contributed by atoms with Crippen LogP contribution in [-0.4, -0.2) is 43.0 Å². The van der Waals surface area contributed by atoms with E-state index >= 15 is 0 Å². The lowest BCUT2D eigenvalue weighted by atomic mass is 10.2. The standard InChI is InChI=1S/C15H19FN2O3/c1-10-5-6-11(16)8-12(10)17-14(19)9-18-7-3-4-13(18)15(20)21-2/h5-6,8,13H,3-4,7,9H2,1-2H3,(H,17,19). The van der Waals surface area contributed by atoms with Crippen LogP contribution < -0.4 is 5.32 Å². The molecular formula is C15H19FN2O3. The second kappa shape index (κ2) is 6.67. The fourth-order valence-corrected chi connectivity index (χ4v) is 2.52. The lowest BCUT2D eigenvalue weighted by molar-refractivity contribution is -0.146. The van der Waals surface area contributed by atoms with E-state index in [-0.39, 0.29) is 24.5 Å². The van der Waals surface area contributed by atoms with Crippen LogP contribution in [0.3, 0.4) is 0 Å². The van der Waals surface area contributed by atoms with Gasteiger partial charge in [-0.25, -0.2) is 4.39 Å². The van der Waals surface area contributed by atoms with E-state index in [4.69, 9.17) is 4.74 Å². The van der Waals surface area contributed by atoms with Gasteiger partial charge in [0.1, 0.15) is 11.9 Å². The van der Waals surface area contributed by atoms with Crippen LogP contribution in [-0.2, 0) is 14.3 Å². The molecule has 0 bridgehead atoms. The molecule has 0 radical (unpaired) electrons. The van der Waals surface area contributed by atoms with Crippen LogP contribution in [0.25, 0.3) is 0 Å². The van der Waals surface area contributed by atoms with Gasteiger partial charge in [-0.3, -0.25) is 14.5 Å². The van der Waals surface area contributed by atoms with E-state index in [1.807, 2.05) is 0 Å². The van der Waals surface area contributed by atoms with E-state index in [2.05, 4.69) is 5.32 Å². The van der Waals surface area contributed by atoms with Crippen LogP contribution >= 0.6 is 0 Å². The van der Waals surface area contributed by atoms with Crippen molar-refractivity contribution in [2.45, 2.75) is 25.8 Å². The molecule has 0 aromatic heterocycles. The van der Waals surface area contributed by atoms with Gasteiger partial charge in [-0.15, -0.1) is 0 Å². The van der Waals surface area contributed by atoms with E-state index in [9.17, 15) is 14.0 Å². The van der Waals surface area contributed by atoms with Gasteiger partial charge in [-0.05, 0) is 44.0 Å². The Bertz CT molecular complexity index is 548. The summed E-state index contributed by atoms with van der Waals surface area (Å²) in [5, 5.41) is 2.68. The Balaban J connectivity index is 1.98. The molecule has 1 N–H and O–H groups in total. The van der Waals surface area contributed by atoms with Crippen molar-refractivity contribution in [1.29, 1.82) is 0 Å². The minimum Gasteiger partial charge on any atom is -0.468 e. The highest BCUT2D eigenvalue weighted by Gasteiger charge is 2.32. The summed E-state index contributed by atoms with van der Waals surface area (Å²) >= 11 is 0. The average Bonchev–Trinajstić information content (AvgIpc) is 2.90. The van der Waals surface area contributed by atoms with Gasteiger partial charge in [0.05, 0.1) is 13.7 Å². The molecule has 1 unspecified atom stereocenters. The lowest BCUT2D eigenvalue weighted by Gasteiger charge is -2.21. The summed E-state index contributed by atoms with van der Waals surface area (Å²) in [6.45, 7) is 2.56. The van der Waals surface area contributed by atoms with Crippen molar-refractivity contribution in [3.8, 4) is 0 Å². The number of aryl methyl sites for hydroxylation is 1. The zero-order valence-electron chi connectivity index (χ0n) is 12.2. The van der Waals surface area contributed by atoms with E-state index in [1.165, 1.54) is 19.2 Å². The number of methoxy groups -OCH3 is 1. The maximum Gasteiger partial charge on any atom is 0.323 e. The Labute approximate surface area is 123 Å². The third-order valence-electron chi connectivity index (χ3n) is 3.66. The van der Waals surface area contributed by atoms with Gasteiger partial charge < -0.3 is 10.1 Å². The Morgan fingerprint density at radius 1 is 1.48 bits per heavy atom. The monoisotopic (exact) mass is 294 g/mol. The first-order valence-electron chi connectivity index (χ1n) is 6.89. The smallest absolute Gasteiger partial charge is 0.323 e.